The smallest absolute Gasteiger partial charge is 0.119 e. The molecule has 2 heteroatoms. The number of rotatable bonds is 6. The number of nitrogens with one attached hydrogen (secondary N) is 1. The van der Waals surface area contributed by atoms with Crippen LogP contribution in [0, 0.1) is 0 Å². The second kappa shape index (κ2) is 13.7. The molecule has 268 valence electrons. The van der Waals surface area contributed by atoms with Crippen molar-refractivity contribution < 1.29 is 0 Å². The number of aromatic nitrogens is 1. The molecule has 1 N–H and O–H groups in total. The lowest BCUT2D eigenvalue weighted by atomic mass is 9.84. The van der Waals surface area contributed by atoms with Crippen LogP contribution in [0.4, 0.5) is 5.82 Å². The van der Waals surface area contributed by atoms with E-state index in [4.69, 9.17) is 0 Å². The van der Waals surface area contributed by atoms with Crippen molar-refractivity contribution in [1.29, 1.82) is 0 Å². The molecule has 2 heterocycles. The van der Waals surface area contributed by atoms with E-state index in [9.17, 15) is 0 Å². The quantitative estimate of drug-likeness (QED) is 0.169. The molecular formula is C55H38N2. The molecule has 1 aromatic heterocycles. The highest BCUT2D eigenvalue weighted by atomic mass is 15.1. The third-order valence-electron chi connectivity index (χ3n) is 11.6. The topological polar surface area (TPSA) is 17.0 Å². The fraction of sp³-hybridized carbons (Fsp3) is 0.0182. The fourth-order valence-corrected chi connectivity index (χ4v) is 9.12. The molecule has 0 saturated carbocycles. The van der Waals surface area contributed by atoms with E-state index in [0.29, 0.717) is 0 Å². The van der Waals surface area contributed by atoms with Crippen molar-refractivity contribution in [2.45, 2.75) is 0 Å². The summed E-state index contributed by atoms with van der Waals surface area (Å²) in [6.07, 6.45) is 4.49. The molecule has 0 spiro atoms. The number of hydrogen-bond donors (Lipinski definition) is 1. The lowest BCUT2D eigenvalue weighted by Crippen LogP contribution is -2.08. The summed E-state index contributed by atoms with van der Waals surface area (Å²) >= 11 is 0. The van der Waals surface area contributed by atoms with E-state index in [1.165, 1.54) is 93.6 Å². The molecule has 0 fully saturated rings. The number of benzene rings is 9. The Morgan fingerprint density at radius 2 is 0.842 bits per heavy atom. The summed E-state index contributed by atoms with van der Waals surface area (Å²) in [5.74, 6) is 1.14. The predicted molar refractivity (Wildman–Crippen MR) is 243 cm³/mol. The summed E-state index contributed by atoms with van der Waals surface area (Å²) < 4.78 is 2.36. The van der Waals surface area contributed by atoms with Gasteiger partial charge in [-0.2, -0.15) is 0 Å². The summed E-state index contributed by atoms with van der Waals surface area (Å²) in [4.78, 5) is 0. The van der Waals surface area contributed by atoms with Crippen LogP contribution in [0.15, 0.2) is 206 Å². The van der Waals surface area contributed by atoms with Gasteiger partial charge in [0.15, 0.2) is 0 Å². The minimum Gasteiger partial charge on any atom is -0.367 e. The lowest BCUT2D eigenvalue weighted by Gasteiger charge is -2.20. The Balaban J connectivity index is 1.11. The minimum atomic E-state index is 0.814. The van der Waals surface area contributed by atoms with Crippen LogP contribution in [0.5, 0.6) is 0 Å². The van der Waals surface area contributed by atoms with Gasteiger partial charge in [0.1, 0.15) is 5.82 Å². The Labute approximate surface area is 332 Å². The van der Waals surface area contributed by atoms with E-state index in [1.54, 1.807) is 0 Å². The maximum Gasteiger partial charge on any atom is 0.119 e. The molecule has 0 radical (unpaired) electrons. The fourth-order valence-electron chi connectivity index (χ4n) is 9.12. The van der Waals surface area contributed by atoms with Gasteiger partial charge in [0.2, 0.25) is 0 Å². The Morgan fingerprint density at radius 1 is 0.368 bits per heavy atom. The van der Waals surface area contributed by atoms with Crippen LogP contribution >= 0.6 is 0 Å². The number of nitrogens with zero attached hydrogens (tertiary/aromatic N) is 1. The van der Waals surface area contributed by atoms with Gasteiger partial charge in [0.05, 0.1) is 5.52 Å². The van der Waals surface area contributed by atoms with Gasteiger partial charge in [0, 0.05) is 23.2 Å². The Kier molecular flexibility index (Phi) is 7.93. The van der Waals surface area contributed by atoms with Crippen LogP contribution in [0.3, 0.4) is 0 Å². The van der Waals surface area contributed by atoms with E-state index in [2.05, 4.69) is 222 Å². The SMILES string of the molecule is C1=Cc2c(n(-c3ccccc3)c3ccc(-c4ccccc4-c4ccccc4-c4ccc5c(-c6ccccc6)c6ccccc6c(-c6ccccc6)c5c4)cc23)NC1. The molecule has 1 aliphatic rings. The molecule has 10 aromatic rings. The molecule has 0 aliphatic carbocycles. The molecule has 2 nitrogen and oxygen atoms in total. The van der Waals surface area contributed by atoms with E-state index in [1.807, 2.05) is 0 Å². The van der Waals surface area contributed by atoms with Gasteiger partial charge in [-0.25, -0.2) is 0 Å². The van der Waals surface area contributed by atoms with Gasteiger partial charge in [-0.05, 0) is 108 Å². The summed E-state index contributed by atoms with van der Waals surface area (Å²) in [7, 11) is 0. The molecule has 0 saturated heterocycles. The van der Waals surface area contributed by atoms with Gasteiger partial charge >= 0.3 is 0 Å². The zero-order valence-electron chi connectivity index (χ0n) is 31.4. The van der Waals surface area contributed by atoms with Gasteiger partial charge < -0.3 is 5.32 Å². The van der Waals surface area contributed by atoms with E-state index in [-0.39, 0.29) is 0 Å². The normalized spacial score (nSPS) is 12.2. The maximum absolute atomic E-state index is 3.67. The number of fused-ring (bicyclic) bond motifs is 5. The Morgan fingerprint density at radius 3 is 1.46 bits per heavy atom. The zero-order chi connectivity index (χ0) is 37.7. The predicted octanol–water partition coefficient (Wildman–Crippen LogP) is 14.7. The van der Waals surface area contributed by atoms with E-state index < -0.39 is 0 Å². The van der Waals surface area contributed by atoms with Crippen molar-refractivity contribution in [3.05, 3.63) is 212 Å². The van der Waals surface area contributed by atoms with Crippen LogP contribution in [-0.2, 0) is 0 Å². The molecule has 0 bridgehead atoms. The monoisotopic (exact) mass is 726 g/mol. The largest absolute Gasteiger partial charge is 0.367 e. The minimum absolute atomic E-state index is 0.814. The summed E-state index contributed by atoms with van der Waals surface area (Å²) in [6, 6.07) is 73.1. The first-order valence-electron chi connectivity index (χ1n) is 19.7. The van der Waals surface area contributed by atoms with Crippen LogP contribution in [-0.4, -0.2) is 11.1 Å². The molecule has 0 atom stereocenters. The molecular weight excluding hydrogens is 689 g/mol. The van der Waals surface area contributed by atoms with Gasteiger partial charge in [-0.1, -0.05) is 182 Å². The first-order chi connectivity index (χ1) is 28.3. The molecule has 11 rings (SSSR count). The van der Waals surface area contributed by atoms with Crippen molar-refractivity contribution >= 4 is 44.3 Å². The van der Waals surface area contributed by atoms with Crippen LogP contribution in [0.25, 0.3) is 99.8 Å². The lowest BCUT2D eigenvalue weighted by molar-refractivity contribution is 1.09. The van der Waals surface area contributed by atoms with E-state index in [0.717, 1.165) is 18.1 Å². The maximum atomic E-state index is 3.67. The molecule has 1 aliphatic heterocycles. The van der Waals surface area contributed by atoms with Crippen molar-refractivity contribution in [3.8, 4) is 61.3 Å². The zero-order valence-corrected chi connectivity index (χ0v) is 31.4. The van der Waals surface area contributed by atoms with Crippen molar-refractivity contribution in [1.82, 2.24) is 4.57 Å². The van der Waals surface area contributed by atoms with Crippen LogP contribution in [0.1, 0.15) is 5.56 Å². The van der Waals surface area contributed by atoms with Gasteiger partial charge in [0.25, 0.3) is 0 Å². The summed E-state index contributed by atoms with van der Waals surface area (Å²) in [6.45, 7) is 0.814. The molecule has 0 amide bonds. The highest BCUT2D eigenvalue weighted by molar-refractivity contribution is 6.22. The summed E-state index contributed by atoms with van der Waals surface area (Å²) in [5, 5.41) is 9.93. The molecule has 57 heavy (non-hydrogen) atoms. The summed E-state index contributed by atoms with van der Waals surface area (Å²) in [5.41, 5.74) is 15.8. The first kappa shape index (κ1) is 33.0. The highest BCUT2D eigenvalue weighted by Crippen LogP contribution is 2.47. The van der Waals surface area contributed by atoms with Crippen LogP contribution in [0.2, 0.25) is 0 Å². The average molecular weight is 727 g/mol. The third kappa shape index (κ3) is 5.49. The highest BCUT2D eigenvalue weighted by Gasteiger charge is 2.21. The second-order valence-electron chi connectivity index (χ2n) is 14.8. The standard InChI is InChI=1S/C55H38N2/c1-4-17-37(18-5-1)53-46-27-14-15-28-47(46)54(38-19-6-2-7-20-38)51-36-39(30-32-48(51)53)42-23-10-12-25-44(42)45-26-13-11-24-43(45)40-31-33-52-50(35-40)49-29-16-34-56-55(49)57(52)41-21-8-3-9-22-41/h1-33,35-36,56H,34H2. The first-order valence-corrected chi connectivity index (χ1v) is 19.7. The number of hydrogen-bond acceptors (Lipinski definition) is 1. The van der Waals surface area contributed by atoms with Crippen molar-refractivity contribution in [2.75, 3.05) is 11.9 Å². The van der Waals surface area contributed by atoms with Gasteiger partial charge in [-0.15, -0.1) is 0 Å². The average Bonchev–Trinajstić information content (AvgIpc) is 3.62. The number of anilines is 1. The molecule has 9 aromatic carbocycles. The van der Waals surface area contributed by atoms with Crippen LogP contribution < -0.4 is 5.32 Å². The van der Waals surface area contributed by atoms with Crippen molar-refractivity contribution in [3.63, 3.8) is 0 Å². The number of para-hydroxylation sites is 1. The third-order valence-corrected chi connectivity index (χ3v) is 11.6. The second-order valence-corrected chi connectivity index (χ2v) is 14.8. The Hall–Kier alpha value is -7.42. The van der Waals surface area contributed by atoms with E-state index >= 15 is 0 Å². The van der Waals surface area contributed by atoms with Crippen molar-refractivity contribution in [2.24, 2.45) is 0 Å². The molecule has 0 unspecified atom stereocenters. The van der Waals surface area contributed by atoms with Gasteiger partial charge in [-0.3, -0.25) is 4.57 Å². The Bertz CT molecular complexity index is 3150.